The number of halogens is 2. The number of imidazole rings is 1. The average molecular weight is 270 g/mol. The van der Waals surface area contributed by atoms with Crippen LogP contribution in [0.1, 0.15) is 17.3 Å². The Morgan fingerprint density at radius 1 is 1.35 bits per heavy atom. The first-order valence-corrected chi connectivity index (χ1v) is 5.98. The fourth-order valence-electron chi connectivity index (χ4n) is 1.79. The molecule has 0 amide bonds. The topological polar surface area (TPSA) is 29.9 Å². The van der Waals surface area contributed by atoms with Crippen LogP contribution in [-0.4, -0.2) is 16.6 Å². The summed E-state index contributed by atoms with van der Waals surface area (Å²) in [5, 5.41) is 4.32. The van der Waals surface area contributed by atoms with Crippen LogP contribution in [0, 0.1) is 0 Å². The van der Waals surface area contributed by atoms with E-state index in [9.17, 15) is 0 Å². The molecular weight excluding hydrogens is 257 g/mol. The Morgan fingerprint density at radius 2 is 2.12 bits per heavy atom. The highest BCUT2D eigenvalue weighted by molar-refractivity contribution is 6.42. The molecule has 90 valence electrons. The van der Waals surface area contributed by atoms with Gasteiger partial charge in [-0.25, -0.2) is 4.98 Å². The molecule has 17 heavy (non-hydrogen) atoms. The molecule has 2 aromatic rings. The molecule has 1 unspecified atom stereocenters. The monoisotopic (exact) mass is 269 g/mol. The summed E-state index contributed by atoms with van der Waals surface area (Å²) < 4.78 is 1.90. The van der Waals surface area contributed by atoms with Crippen LogP contribution < -0.4 is 5.32 Å². The molecule has 0 aliphatic rings. The highest BCUT2D eigenvalue weighted by atomic mass is 35.5. The van der Waals surface area contributed by atoms with Crippen LogP contribution >= 0.6 is 23.2 Å². The van der Waals surface area contributed by atoms with E-state index in [0.717, 1.165) is 11.3 Å². The van der Waals surface area contributed by atoms with Gasteiger partial charge in [0.2, 0.25) is 0 Å². The van der Waals surface area contributed by atoms with Gasteiger partial charge in [-0.3, -0.25) is 0 Å². The van der Waals surface area contributed by atoms with Crippen LogP contribution in [0.5, 0.6) is 0 Å². The van der Waals surface area contributed by atoms with Crippen LogP contribution in [0.3, 0.4) is 0 Å². The van der Waals surface area contributed by atoms with Gasteiger partial charge in [-0.15, -0.1) is 0 Å². The molecule has 0 radical (unpaired) electrons. The third-order valence-electron chi connectivity index (χ3n) is 2.60. The van der Waals surface area contributed by atoms with E-state index >= 15 is 0 Å². The van der Waals surface area contributed by atoms with Gasteiger partial charge in [-0.2, -0.15) is 0 Å². The standard InChI is InChI=1S/C12H13Cl2N3/c1-15-12(10-6-17(2)7-16-10)8-4-3-5-9(13)11(8)14/h3-7,12,15H,1-2H3. The zero-order valence-electron chi connectivity index (χ0n) is 9.61. The molecule has 0 spiro atoms. The van der Waals surface area contributed by atoms with Gasteiger partial charge in [0.25, 0.3) is 0 Å². The highest BCUT2D eigenvalue weighted by Crippen LogP contribution is 2.32. The number of aromatic nitrogens is 2. The number of hydrogen-bond acceptors (Lipinski definition) is 2. The largest absolute Gasteiger partial charge is 0.340 e. The van der Waals surface area contributed by atoms with Crippen LogP contribution in [-0.2, 0) is 7.05 Å². The number of nitrogens with zero attached hydrogens (tertiary/aromatic N) is 2. The van der Waals surface area contributed by atoms with E-state index in [-0.39, 0.29) is 6.04 Å². The lowest BCUT2D eigenvalue weighted by Gasteiger charge is -2.16. The minimum absolute atomic E-state index is 0.0533. The molecule has 1 heterocycles. The van der Waals surface area contributed by atoms with Crippen molar-refractivity contribution in [3.63, 3.8) is 0 Å². The Balaban J connectivity index is 2.45. The Labute approximate surface area is 110 Å². The number of benzene rings is 1. The summed E-state index contributed by atoms with van der Waals surface area (Å²) >= 11 is 12.2. The summed E-state index contributed by atoms with van der Waals surface area (Å²) in [6, 6.07) is 5.56. The fraction of sp³-hybridized carbons (Fsp3) is 0.250. The van der Waals surface area contributed by atoms with E-state index in [0.29, 0.717) is 10.0 Å². The van der Waals surface area contributed by atoms with Crippen molar-refractivity contribution in [1.29, 1.82) is 0 Å². The van der Waals surface area contributed by atoms with Gasteiger partial charge >= 0.3 is 0 Å². The molecule has 0 bridgehead atoms. The number of nitrogens with one attached hydrogen (secondary N) is 1. The average Bonchev–Trinajstić information content (AvgIpc) is 2.72. The Hall–Kier alpha value is -1.03. The Bertz CT molecular complexity index is 522. The van der Waals surface area contributed by atoms with Crippen molar-refractivity contribution in [2.45, 2.75) is 6.04 Å². The molecule has 2 rings (SSSR count). The van der Waals surface area contributed by atoms with Gasteiger partial charge in [0.1, 0.15) is 0 Å². The molecule has 3 nitrogen and oxygen atoms in total. The minimum Gasteiger partial charge on any atom is -0.340 e. The van der Waals surface area contributed by atoms with Gasteiger partial charge < -0.3 is 9.88 Å². The maximum atomic E-state index is 6.22. The van der Waals surface area contributed by atoms with Crippen molar-refractivity contribution in [3.8, 4) is 0 Å². The summed E-state index contributed by atoms with van der Waals surface area (Å²) in [7, 11) is 3.80. The van der Waals surface area contributed by atoms with Crippen molar-refractivity contribution >= 4 is 23.2 Å². The molecule has 1 aromatic carbocycles. The summed E-state index contributed by atoms with van der Waals surface area (Å²) in [5.74, 6) is 0. The molecule has 0 saturated carbocycles. The van der Waals surface area contributed by atoms with Crippen LogP contribution in [0.25, 0.3) is 0 Å². The van der Waals surface area contributed by atoms with Crippen molar-refractivity contribution in [2.75, 3.05) is 7.05 Å². The van der Waals surface area contributed by atoms with Gasteiger partial charge in [-0.05, 0) is 18.7 Å². The van der Waals surface area contributed by atoms with E-state index in [1.165, 1.54) is 0 Å². The quantitative estimate of drug-likeness (QED) is 0.929. The second kappa shape index (κ2) is 5.08. The summed E-state index contributed by atoms with van der Waals surface area (Å²) in [6.45, 7) is 0. The molecule has 1 atom stereocenters. The maximum Gasteiger partial charge on any atom is 0.0947 e. The summed E-state index contributed by atoms with van der Waals surface area (Å²) in [6.07, 6.45) is 3.72. The predicted molar refractivity (Wildman–Crippen MR) is 70.6 cm³/mol. The van der Waals surface area contributed by atoms with Crippen molar-refractivity contribution in [2.24, 2.45) is 7.05 Å². The number of hydrogen-bond donors (Lipinski definition) is 1. The smallest absolute Gasteiger partial charge is 0.0947 e. The molecule has 1 aromatic heterocycles. The lowest BCUT2D eigenvalue weighted by Crippen LogP contribution is -2.18. The molecule has 0 aliphatic heterocycles. The van der Waals surface area contributed by atoms with Crippen LogP contribution in [0.4, 0.5) is 0 Å². The van der Waals surface area contributed by atoms with Crippen molar-refractivity contribution in [3.05, 3.63) is 52.0 Å². The van der Waals surface area contributed by atoms with Gasteiger partial charge in [0.05, 0.1) is 28.1 Å². The SMILES string of the molecule is CNC(c1cn(C)cn1)c1cccc(Cl)c1Cl. The lowest BCUT2D eigenvalue weighted by atomic mass is 10.0. The third kappa shape index (κ3) is 2.46. The van der Waals surface area contributed by atoms with E-state index in [1.807, 2.05) is 37.0 Å². The second-order valence-electron chi connectivity index (χ2n) is 3.83. The fourth-order valence-corrected chi connectivity index (χ4v) is 2.21. The molecular formula is C12H13Cl2N3. The molecule has 5 heteroatoms. The Morgan fingerprint density at radius 3 is 2.71 bits per heavy atom. The van der Waals surface area contributed by atoms with Gasteiger partial charge in [0.15, 0.2) is 0 Å². The van der Waals surface area contributed by atoms with Crippen molar-refractivity contribution < 1.29 is 0 Å². The molecule has 0 saturated heterocycles. The lowest BCUT2D eigenvalue weighted by molar-refractivity contribution is 0.674. The second-order valence-corrected chi connectivity index (χ2v) is 4.61. The van der Waals surface area contributed by atoms with Crippen LogP contribution in [0.15, 0.2) is 30.7 Å². The highest BCUT2D eigenvalue weighted by Gasteiger charge is 2.18. The van der Waals surface area contributed by atoms with E-state index < -0.39 is 0 Å². The van der Waals surface area contributed by atoms with E-state index in [1.54, 1.807) is 12.4 Å². The molecule has 0 fully saturated rings. The van der Waals surface area contributed by atoms with Crippen molar-refractivity contribution in [1.82, 2.24) is 14.9 Å². The first-order valence-electron chi connectivity index (χ1n) is 5.22. The predicted octanol–water partition coefficient (Wildman–Crippen LogP) is 3.04. The van der Waals surface area contributed by atoms with Gasteiger partial charge in [-0.1, -0.05) is 35.3 Å². The molecule has 1 N–H and O–H groups in total. The minimum atomic E-state index is -0.0533. The first kappa shape index (κ1) is 12.4. The third-order valence-corrected chi connectivity index (χ3v) is 3.44. The molecule has 0 aliphatic carbocycles. The first-order chi connectivity index (χ1) is 8.13. The number of aryl methyl sites for hydroxylation is 1. The summed E-state index contributed by atoms with van der Waals surface area (Å²) in [5.41, 5.74) is 1.85. The van der Waals surface area contributed by atoms with Gasteiger partial charge in [0, 0.05) is 13.2 Å². The van der Waals surface area contributed by atoms with E-state index in [2.05, 4.69) is 10.3 Å². The Kier molecular flexibility index (Phi) is 3.72. The zero-order valence-corrected chi connectivity index (χ0v) is 11.1. The van der Waals surface area contributed by atoms with Crippen LogP contribution in [0.2, 0.25) is 10.0 Å². The zero-order chi connectivity index (χ0) is 12.4. The summed E-state index contributed by atoms with van der Waals surface area (Å²) in [4.78, 5) is 4.33. The number of rotatable bonds is 3. The van der Waals surface area contributed by atoms with E-state index in [4.69, 9.17) is 23.2 Å². The maximum absolute atomic E-state index is 6.22. The normalized spacial score (nSPS) is 12.7.